The van der Waals surface area contributed by atoms with Crippen LogP contribution in [0.1, 0.15) is 5.82 Å². The fraction of sp³-hybridized carbons (Fsp3) is 0.625. The van der Waals surface area contributed by atoms with Gasteiger partial charge >= 0.3 is 6.18 Å². The van der Waals surface area contributed by atoms with Crippen LogP contribution in [0.25, 0.3) is 0 Å². The number of nitrogens with zero attached hydrogens (tertiary/aromatic N) is 4. The molecule has 16 heavy (non-hydrogen) atoms. The van der Waals surface area contributed by atoms with Gasteiger partial charge in [-0.2, -0.15) is 23.5 Å². The number of alkyl halides is 3. The van der Waals surface area contributed by atoms with Crippen LogP contribution < -0.4 is 5.32 Å². The summed E-state index contributed by atoms with van der Waals surface area (Å²) in [6.45, 7) is -0.354. The van der Waals surface area contributed by atoms with Crippen molar-refractivity contribution in [2.75, 3.05) is 6.54 Å². The maximum absolute atomic E-state index is 12.2. The number of halogens is 3. The van der Waals surface area contributed by atoms with E-state index in [0.29, 0.717) is 5.82 Å². The first-order valence-corrected chi connectivity index (χ1v) is 4.45. The number of rotatable bonds is 4. The monoisotopic (exact) mass is 233 g/mol. The fourth-order valence-electron chi connectivity index (χ4n) is 1.03. The molecule has 0 saturated carbocycles. The van der Waals surface area contributed by atoms with Gasteiger partial charge in [-0.3, -0.25) is 4.68 Å². The second-order valence-corrected chi connectivity index (χ2v) is 3.19. The van der Waals surface area contributed by atoms with Crippen LogP contribution in [-0.4, -0.2) is 27.5 Å². The Morgan fingerprint density at radius 3 is 2.75 bits per heavy atom. The molecule has 0 bridgehead atoms. The highest BCUT2D eigenvalue weighted by atomic mass is 19.4. The van der Waals surface area contributed by atoms with Crippen molar-refractivity contribution < 1.29 is 13.2 Å². The molecule has 5 nitrogen and oxygen atoms in total. The van der Waals surface area contributed by atoms with E-state index in [4.69, 9.17) is 5.26 Å². The summed E-state index contributed by atoms with van der Waals surface area (Å²) in [6, 6.07) is 1.20. The Bertz CT molecular complexity index is 378. The Balaban J connectivity index is 2.38. The summed E-state index contributed by atoms with van der Waals surface area (Å²) in [6.07, 6.45) is -3.05. The minimum Gasteiger partial charge on any atom is -0.308 e. The zero-order valence-corrected chi connectivity index (χ0v) is 8.49. The summed E-state index contributed by atoms with van der Waals surface area (Å²) < 4.78 is 37.9. The first-order valence-electron chi connectivity index (χ1n) is 4.45. The molecule has 1 unspecified atom stereocenters. The van der Waals surface area contributed by atoms with Crippen LogP contribution >= 0.6 is 0 Å². The van der Waals surface area contributed by atoms with Crippen molar-refractivity contribution in [2.45, 2.75) is 12.7 Å². The fourth-order valence-corrected chi connectivity index (χ4v) is 1.03. The van der Waals surface area contributed by atoms with Crippen molar-refractivity contribution in [1.29, 1.82) is 5.26 Å². The van der Waals surface area contributed by atoms with E-state index < -0.39 is 18.6 Å². The number of aryl methyl sites for hydroxylation is 1. The second-order valence-electron chi connectivity index (χ2n) is 3.19. The summed E-state index contributed by atoms with van der Waals surface area (Å²) in [4.78, 5) is 3.83. The van der Waals surface area contributed by atoms with Crippen LogP contribution in [0.3, 0.4) is 0 Å². The van der Waals surface area contributed by atoms with Crippen LogP contribution in [0.5, 0.6) is 0 Å². The molecule has 1 rings (SSSR count). The first kappa shape index (κ1) is 12.4. The lowest BCUT2D eigenvalue weighted by molar-refractivity contribution is -0.157. The van der Waals surface area contributed by atoms with Gasteiger partial charge in [-0.05, 0) is 0 Å². The van der Waals surface area contributed by atoms with E-state index in [1.807, 2.05) is 0 Å². The number of hydrogen-bond donors (Lipinski definition) is 1. The van der Waals surface area contributed by atoms with Crippen molar-refractivity contribution >= 4 is 0 Å². The Labute approximate surface area is 89.9 Å². The molecule has 1 heterocycles. The van der Waals surface area contributed by atoms with Gasteiger partial charge in [0.2, 0.25) is 0 Å². The Hall–Kier alpha value is -1.62. The molecule has 0 aliphatic rings. The van der Waals surface area contributed by atoms with E-state index in [1.165, 1.54) is 17.1 Å². The standard InChI is InChI=1S/C8H10F3N5/c1-16-5-14-7(15-16)4-13-3-6(2-12)8(9,10)11/h5-6,13H,3-4H2,1H3. The molecule has 0 aliphatic heterocycles. The van der Waals surface area contributed by atoms with Crippen molar-refractivity contribution in [2.24, 2.45) is 13.0 Å². The predicted octanol–water partition coefficient (Wildman–Crippen LogP) is 0.607. The average Bonchev–Trinajstić information content (AvgIpc) is 2.57. The SMILES string of the molecule is Cn1cnc(CNCC(C#N)C(F)(F)F)n1. The smallest absolute Gasteiger partial charge is 0.308 e. The molecule has 0 spiro atoms. The van der Waals surface area contributed by atoms with E-state index in [2.05, 4.69) is 15.4 Å². The molecule has 0 aromatic carbocycles. The molecule has 0 saturated heterocycles. The Morgan fingerprint density at radius 1 is 1.62 bits per heavy atom. The van der Waals surface area contributed by atoms with Gasteiger partial charge in [0.25, 0.3) is 0 Å². The Morgan fingerprint density at radius 2 is 2.31 bits per heavy atom. The molecule has 0 aliphatic carbocycles. The van der Waals surface area contributed by atoms with Gasteiger partial charge in [-0.15, -0.1) is 0 Å². The van der Waals surface area contributed by atoms with Crippen LogP contribution in [0, 0.1) is 17.2 Å². The number of nitriles is 1. The van der Waals surface area contributed by atoms with Gasteiger partial charge in [0.05, 0.1) is 12.6 Å². The highest BCUT2D eigenvalue weighted by Crippen LogP contribution is 2.24. The predicted molar refractivity (Wildman–Crippen MR) is 47.9 cm³/mol. The summed E-state index contributed by atoms with van der Waals surface area (Å²) in [7, 11) is 1.66. The molecular formula is C8H10F3N5. The molecule has 1 aromatic heterocycles. The molecule has 88 valence electrons. The van der Waals surface area contributed by atoms with Gasteiger partial charge in [-0.1, -0.05) is 0 Å². The quantitative estimate of drug-likeness (QED) is 0.827. The zero-order valence-electron chi connectivity index (χ0n) is 8.49. The molecule has 0 radical (unpaired) electrons. The molecule has 0 amide bonds. The lowest BCUT2D eigenvalue weighted by atomic mass is 10.1. The maximum atomic E-state index is 12.2. The van der Waals surface area contributed by atoms with Crippen molar-refractivity contribution in [3.63, 3.8) is 0 Å². The van der Waals surface area contributed by atoms with E-state index >= 15 is 0 Å². The van der Waals surface area contributed by atoms with Crippen molar-refractivity contribution in [1.82, 2.24) is 20.1 Å². The molecular weight excluding hydrogens is 223 g/mol. The van der Waals surface area contributed by atoms with Gasteiger partial charge < -0.3 is 5.32 Å². The third kappa shape index (κ3) is 3.51. The first-order chi connectivity index (χ1) is 7.43. The van der Waals surface area contributed by atoms with Crippen LogP contribution in [0.2, 0.25) is 0 Å². The van der Waals surface area contributed by atoms with Crippen LogP contribution in [0.4, 0.5) is 13.2 Å². The number of hydrogen-bond acceptors (Lipinski definition) is 4. The van der Waals surface area contributed by atoms with Crippen molar-refractivity contribution in [3.8, 4) is 6.07 Å². The number of nitrogens with one attached hydrogen (secondary N) is 1. The van der Waals surface area contributed by atoms with Crippen LogP contribution in [0.15, 0.2) is 6.33 Å². The number of aromatic nitrogens is 3. The average molecular weight is 233 g/mol. The summed E-state index contributed by atoms with van der Waals surface area (Å²) >= 11 is 0. The minimum atomic E-state index is -4.50. The van der Waals surface area contributed by atoms with E-state index in [1.54, 1.807) is 7.05 Å². The molecule has 0 fully saturated rings. The third-order valence-electron chi connectivity index (χ3n) is 1.83. The summed E-state index contributed by atoms with van der Waals surface area (Å²) in [5, 5.41) is 14.7. The Kier molecular flexibility index (Phi) is 3.84. The lowest BCUT2D eigenvalue weighted by Crippen LogP contribution is -2.32. The van der Waals surface area contributed by atoms with Gasteiger partial charge in [0.1, 0.15) is 6.33 Å². The minimum absolute atomic E-state index is 0.106. The van der Waals surface area contributed by atoms with Crippen molar-refractivity contribution in [3.05, 3.63) is 12.2 Å². The van der Waals surface area contributed by atoms with Gasteiger partial charge in [-0.25, -0.2) is 4.98 Å². The van der Waals surface area contributed by atoms with Gasteiger partial charge in [0.15, 0.2) is 11.7 Å². The maximum Gasteiger partial charge on any atom is 0.405 e. The highest BCUT2D eigenvalue weighted by Gasteiger charge is 2.39. The zero-order chi connectivity index (χ0) is 12.2. The van der Waals surface area contributed by atoms with E-state index in [0.717, 1.165) is 0 Å². The second kappa shape index (κ2) is 4.94. The third-order valence-corrected chi connectivity index (χ3v) is 1.83. The molecule has 1 aromatic rings. The van der Waals surface area contributed by atoms with E-state index in [-0.39, 0.29) is 6.54 Å². The van der Waals surface area contributed by atoms with Gasteiger partial charge in [0, 0.05) is 13.6 Å². The lowest BCUT2D eigenvalue weighted by Gasteiger charge is -2.12. The summed E-state index contributed by atoms with van der Waals surface area (Å²) in [5.41, 5.74) is 0. The largest absolute Gasteiger partial charge is 0.405 e. The van der Waals surface area contributed by atoms with E-state index in [9.17, 15) is 13.2 Å². The normalized spacial score (nSPS) is 13.4. The highest BCUT2D eigenvalue weighted by molar-refractivity contribution is 4.90. The molecule has 8 heteroatoms. The topological polar surface area (TPSA) is 66.5 Å². The van der Waals surface area contributed by atoms with Crippen LogP contribution in [-0.2, 0) is 13.6 Å². The molecule has 1 N–H and O–H groups in total. The summed E-state index contributed by atoms with van der Waals surface area (Å²) in [5.74, 6) is -1.61. The molecule has 1 atom stereocenters.